The van der Waals surface area contributed by atoms with E-state index in [0.29, 0.717) is 18.5 Å². The molecule has 1 heterocycles. The highest BCUT2D eigenvalue weighted by molar-refractivity contribution is 5.90. The number of Topliss-reactive ketones (excluding diaryl/α,β-unsaturated/α-hetero) is 1. The number of ether oxygens (including phenoxy) is 2. The molecule has 1 aromatic carbocycles. The fourth-order valence-electron chi connectivity index (χ4n) is 3.95. The first-order valence-corrected chi connectivity index (χ1v) is 11.7. The average molecular weight is 499 g/mol. The second-order valence-electron chi connectivity index (χ2n) is 9.16. The summed E-state index contributed by atoms with van der Waals surface area (Å²) in [6.07, 6.45) is -7.51. The summed E-state index contributed by atoms with van der Waals surface area (Å²) in [5.41, 5.74) is 7.91. The minimum absolute atomic E-state index is 0.0554. The zero-order valence-electron chi connectivity index (χ0n) is 20.1. The van der Waals surface area contributed by atoms with Gasteiger partial charge < -0.3 is 50.9 Å². The normalized spacial score (nSPS) is 27.1. The molecule has 11 nitrogen and oxygen atoms in total. The van der Waals surface area contributed by atoms with Gasteiger partial charge in [-0.2, -0.15) is 0 Å². The van der Waals surface area contributed by atoms with Gasteiger partial charge in [-0.1, -0.05) is 17.7 Å². The Kier molecular flexibility index (Phi) is 11.7. The van der Waals surface area contributed by atoms with Crippen LogP contribution in [0.15, 0.2) is 24.3 Å². The van der Waals surface area contributed by atoms with Gasteiger partial charge in [0.2, 0.25) is 5.91 Å². The first-order valence-electron chi connectivity index (χ1n) is 11.7. The van der Waals surface area contributed by atoms with Crippen LogP contribution in [0.2, 0.25) is 0 Å². The van der Waals surface area contributed by atoms with Crippen LogP contribution in [0.5, 0.6) is 0 Å². The molecule has 8 N–H and O–H groups in total. The lowest BCUT2D eigenvalue weighted by molar-refractivity contribution is -0.304. The Balaban J connectivity index is 1.86. The third kappa shape index (κ3) is 8.89. The van der Waals surface area contributed by atoms with Crippen LogP contribution in [0, 0.1) is 12.8 Å². The van der Waals surface area contributed by atoms with E-state index >= 15 is 0 Å². The number of aliphatic hydroxyl groups is 5. The van der Waals surface area contributed by atoms with Crippen molar-refractivity contribution in [1.82, 2.24) is 0 Å². The summed E-state index contributed by atoms with van der Waals surface area (Å²) in [5, 5.41) is 52.7. The van der Waals surface area contributed by atoms with E-state index in [9.17, 15) is 35.1 Å². The standard InChI is InChI=1S/C24H38N2O9/c1-13-6-8-16(9-7-13)26-19(29)5-3-4-17(25)20(30)15(10-14(2)28)12-34-24-23(33)22(32)21(31)18(11-27)35-24/h6-9,15,17-18,20-24,27,30-33H,3-5,10-12,25H2,1-2H3,(H,26,29)/t15-,17+,18?,20-,21-,22?,23-,24-/m0/s1. The molecular formula is C24H38N2O9. The van der Waals surface area contributed by atoms with Gasteiger partial charge in [0.15, 0.2) is 6.29 Å². The monoisotopic (exact) mass is 498 g/mol. The van der Waals surface area contributed by atoms with Gasteiger partial charge in [0.05, 0.1) is 19.3 Å². The maximum absolute atomic E-state index is 12.2. The van der Waals surface area contributed by atoms with Crippen LogP contribution in [-0.2, 0) is 19.1 Å². The molecule has 0 spiro atoms. The Morgan fingerprint density at radius 1 is 1.14 bits per heavy atom. The number of carbonyl (C=O) groups is 2. The summed E-state index contributed by atoms with van der Waals surface area (Å²) >= 11 is 0. The van der Waals surface area contributed by atoms with E-state index in [1.54, 1.807) is 0 Å². The van der Waals surface area contributed by atoms with Crippen molar-refractivity contribution in [2.45, 2.75) is 82.4 Å². The summed E-state index contributed by atoms with van der Waals surface area (Å²) in [7, 11) is 0. The Bertz CT molecular complexity index is 805. The molecule has 0 bridgehead atoms. The number of carbonyl (C=O) groups excluding carboxylic acids is 2. The van der Waals surface area contributed by atoms with Gasteiger partial charge in [-0.05, 0) is 38.8 Å². The highest BCUT2D eigenvalue weighted by Gasteiger charge is 2.44. The van der Waals surface area contributed by atoms with Gasteiger partial charge in [0.1, 0.15) is 30.2 Å². The van der Waals surface area contributed by atoms with E-state index in [0.717, 1.165) is 5.56 Å². The molecule has 1 aliphatic heterocycles. The minimum atomic E-state index is -1.60. The molecule has 0 radical (unpaired) electrons. The fraction of sp³-hybridized carbons (Fsp3) is 0.667. The Morgan fingerprint density at radius 2 is 1.80 bits per heavy atom. The minimum Gasteiger partial charge on any atom is -0.394 e. The van der Waals surface area contributed by atoms with Crippen LogP contribution in [-0.4, -0.2) is 93.3 Å². The molecule has 1 saturated heterocycles. The van der Waals surface area contributed by atoms with Crippen LogP contribution in [0.4, 0.5) is 5.69 Å². The van der Waals surface area contributed by atoms with Crippen molar-refractivity contribution in [1.29, 1.82) is 0 Å². The molecule has 0 aliphatic carbocycles. The molecule has 2 rings (SSSR count). The van der Waals surface area contributed by atoms with E-state index < -0.39 is 55.4 Å². The van der Waals surface area contributed by atoms with Crippen LogP contribution in [0.25, 0.3) is 0 Å². The molecule has 35 heavy (non-hydrogen) atoms. The number of ketones is 1. The van der Waals surface area contributed by atoms with Gasteiger partial charge in [-0.3, -0.25) is 4.79 Å². The predicted octanol–water partition coefficient (Wildman–Crippen LogP) is -0.796. The average Bonchev–Trinajstić information content (AvgIpc) is 2.82. The molecule has 198 valence electrons. The lowest BCUT2D eigenvalue weighted by Gasteiger charge is -2.40. The number of anilines is 1. The highest BCUT2D eigenvalue weighted by Crippen LogP contribution is 2.24. The lowest BCUT2D eigenvalue weighted by atomic mass is 9.90. The van der Waals surface area contributed by atoms with Crippen molar-refractivity contribution in [3.63, 3.8) is 0 Å². The van der Waals surface area contributed by atoms with Gasteiger partial charge in [0.25, 0.3) is 0 Å². The van der Waals surface area contributed by atoms with Crippen LogP contribution < -0.4 is 11.1 Å². The maximum Gasteiger partial charge on any atom is 0.224 e. The fourth-order valence-corrected chi connectivity index (χ4v) is 3.95. The topological polar surface area (TPSA) is 192 Å². The smallest absolute Gasteiger partial charge is 0.224 e. The van der Waals surface area contributed by atoms with Crippen LogP contribution in [0.1, 0.15) is 38.2 Å². The molecule has 0 aromatic heterocycles. The zero-order valence-corrected chi connectivity index (χ0v) is 20.1. The van der Waals surface area contributed by atoms with Gasteiger partial charge >= 0.3 is 0 Å². The molecule has 8 atom stereocenters. The third-order valence-electron chi connectivity index (χ3n) is 6.07. The van der Waals surface area contributed by atoms with E-state index in [1.807, 2.05) is 31.2 Å². The van der Waals surface area contributed by atoms with Crippen molar-refractivity contribution < 1.29 is 44.6 Å². The number of hydrogen-bond acceptors (Lipinski definition) is 10. The van der Waals surface area contributed by atoms with Crippen molar-refractivity contribution in [2.24, 2.45) is 11.7 Å². The Hall–Kier alpha value is -1.96. The Morgan fingerprint density at radius 3 is 2.40 bits per heavy atom. The molecular weight excluding hydrogens is 460 g/mol. The third-order valence-corrected chi connectivity index (χ3v) is 6.07. The van der Waals surface area contributed by atoms with Gasteiger partial charge in [0, 0.05) is 30.5 Å². The number of aliphatic hydroxyl groups excluding tert-OH is 5. The largest absolute Gasteiger partial charge is 0.394 e. The summed E-state index contributed by atoms with van der Waals surface area (Å²) in [6, 6.07) is 6.66. The van der Waals surface area contributed by atoms with E-state index in [1.165, 1.54) is 6.92 Å². The second kappa shape index (κ2) is 14.0. The molecule has 11 heteroatoms. The molecule has 1 aromatic rings. The summed E-state index contributed by atoms with van der Waals surface area (Å²) in [4.78, 5) is 23.9. The number of hydrogen-bond donors (Lipinski definition) is 7. The summed E-state index contributed by atoms with van der Waals surface area (Å²) < 4.78 is 10.8. The van der Waals surface area contributed by atoms with Crippen molar-refractivity contribution in [3.8, 4) is 0 Å². The molecule has 2 unspecified atom stereocenters. The first kappa shape index (κ1) is 29.3. The quantitative estimate of drug-likeness (QED) is 0.181. The van der Waals surface area contributed by atoms with E-state index in [2.05, 4.69) is 5.32 Å². The van der Waals surface area contributed by atoms with Crippen molar-refractivity contribution >= 4 is 17.4 Å². The van der Waals surface area contributed by atoms with Crippen LogP contribution in [0.3, 0.4) is 0 Å². The highest BCUT2D eigenvalue weighted by atomic mass is 16.7. The summed E-state index contributed by atoms with van der Waals surface area (Å²) in [6.45, 7) is 2.47. The number of amides is 1. The lowest BCUT2D eigenvalue weighted by Crippen LogP contribution is -2.59. The molecule has 1 amide bonds. The van der Waals surface area contributed by atoms with Crippen molar-refractivity contribution in [3.05, 3.63) is 29.8 Å². The van der Waals surface area contributed by atoms with Crippen LogP contribution >= 0.6 is 0 Å². The number of rotatable bonds is 13. The number of nitrogens with two attached hydrogens (primary N) is 1. The second-order valence-corrected chi connectivity index (χ2v) is 9.16. The predicted molar refractivity (Wildman–Crippen MR) is 126 cm³/mol. The number of aryl methyl sites for hydroxylation is 1. The molecule has 1 aliphatic rings. The zero-order chi connectivity index (χ0) is 26.1. The van der Waals surface area contributed by atoms with Gasteiger partial charge in [-0.25, -0.2) is 0 Å². The first-order chi connectivity index (χ1) is 16.5. The summed E-state index contributed by atoms with van der Waals surface area (Å²) in [5.74, 6) is -1.13. The number of nitrogens with one attached hydrogen (secondary N) is 1. The molecule has 1 fully saturated rings. The van der Waals surface area contributed by atoms with E-state index in [-0.39, 0.29) is 31.1 Å². The van der Waals surface area contributed by atoms with E-state index in [4.69, 9.17) is 15.2 Å². The van der Waals surface area contributed by atoms with Gasteiger partial charge in [-0.15, -0.1) is 0 Å². The maximum atomic E-state index is 12.2. The van der Waals surface area contributed by atoms with Crippen molar-refractivity contribution in [2.75, 3.05) is 18.5 Å². The Labute approximate surface area is 204 Å². The molecule has 0 saturated carbocycles. The number of benzene rings is 1. The SMILES string of the molecule is CC(=O)C[C@@H](CO[C@H]1OC(CO)[C@H](O)C(O)[C@@H]1O)[C@H](O)[C@H](N)CCCC(=O)Nc1ccc(C)cc1.